The predicted octanol–water partition coefficient (Wildman–Crippen LogP) is 4.94. The Morgan fingerprint density at radius 1 is 1.05 bits per heavy atom. The fourth-order valence-corrected chi connectivity index (χ4v) is 3.15. The highest BCUT2D eigenvalue weighted by molar-refractivity contribution is 7.10. The highest BCUT2D eigenvalue weighted by atomic mass is 32.1. The number of hydrogen-bond donors (Lipinski definition) is 1. The van der Waals surface area contributed by atoms with Gasteiger partial charge in [-0.3, -0.25) is 0 Å². The van der Waals surface area contributed by atoms with Crippen molar-refractivity contribution in [3.8, 4) is 0 Å². The highest BCUT2D eigenvalue weighted by Gasteiger charge is 2.19. The van der Waals surface area contributed by atoms with Gasteiger partial charge in [0.25, 0.3) is 0 Å². The van der Waals surface area contributed by atoms with Crippen molar-refractivity contribution < 1.29 is 4.39 Å². The van der Waals surface area contributed by atoms with Crippen LogP contribution in [0.25, 0.3) is 0 Å². The Morgan fingerprint density at radius 3 is 2.26 bits per heavy atom. The second-order valence-corrected chi connectivity index (χ2v) is 6.16. The summed E-state index contributed by atoms with van der Waals surface area (Å²) in [5.74, 6) is 0.330. The van der Waals surface area contributed by atoms with Crippen LogP contribution in [0.4, 0.5) is 4.39 Å². The normalized spacial score (nSPS) is 14.6. The van der Waals surface area contributed by atoms with Crippen LogP contribution in [0.3, 0.4) is 0 Å². The fraction of sp³-hybridized carbons (Fsp3) is 0.375. The molecule has 0 spiro atoms. The summed E-state index contributed by atoms with van der Waals surface area (Å²) in [7, 11) is 0. The summed E-state index contributed by atoms with van der Waals surface area (Å²) in [5, 5.41) is 5.75. The van der Waals surface area contributed by atoms with E-state index in [4.69, 9.17) is 0 Å². The quantitative estimate of drug-likeness (QED) is 0.816. The van der Waals surface area contributed by atoms with Crippen LogP contribution in [0, 0.1) is 11.7 Å². The lowest BCUT2D eigenvalue weighted by Crippen LogP contribution is -2.27. The molecule has 0 amide bonds. The average Bonchev–Trinajstić information content (AvgIpc) is 2.89. The molecule has 0 radical (unpaired) electrons. The third-order valence-corrected chi connectivity index (χ3v) is 4.27. The lowest BCUT2D eigenvalue weighted by molar-refractivity contribution is 0.379. The van der Waals surface area contributed by atoms with E-state index in [1.165, 1.54) is 17.0 Å². The van der Waals surface area contributed by atoms with Crippen molar-refractivity contribution in [3.05, 3.63) is 58.0 Å². The molecule has 0 bridgehead atoms. The second kappa shape index (κ2) is 6.31. The number of hydrogen-bond acceptors (Lipinski definition) is 2. The van der Waals surface area contributed by atoms with Crippen molar-refractivity contribution >= 4 is 11.3 Å². The van der Waals surface area contributed by atoms with Crippen molar-refractivity contribution in [2.24, 2.45) is 5.92 Å². The number of halogens is 1. The Morgan fingerprint density at radius 2 is 1.74 bits per heavy atom. The van der Waals surface area contributed by atoms with Crippen molar-refractivity contribution in [2.75, 3.05) is 0 Å². The maximum atomic E-state index is 12.9. The van der Waals surface area contributed by atoms with Crippen LogP contribution in [0.15, 0.2) is 41.8 Å². The predicted molar refractivity (Wildman–Crippen MR) is 79.8 cm³/mol. The van der Waals surface area contributed by atoms with Gasteiger partial charge in [0.15, 0.2) is 0 Å². The zero-order chi connectivity index (χ0) is 13.8. The molecule has 1 aromatic carbocycles. The zero-order valence-electron chi connectivity index (χ0n) is 11.6. The zero-order valence-corrected chi connectivity index (χ0v) is 12.4. The fourth-order valence-electron chi connectivity index (χ4n) is 2.19. The minimum Gasteiger partial charge on any atom is -0.302 e. The van der Waals surface area contributed by atoms with E-state index in [9.17, 15) is 4.39 Å². The van der Waals surface area contributed by atoms with Gasteiger partial charge >= 0.3 is 0 Å². The molecule has 0 fully saturated rings. The number of nitrogens with one attached hydrogen (secondary N) is 1. The minimum absolute atomic E-state index is 0.186. The summed E-state index contributed by atoms with van der Waals surface area (Å²) in [5.41, 5.74) is 1.11. The SMILES string of the molecule is CC(C)C(N[C@H](C)c1ccc(F)cc1)c1cccs1. The molecule has 1 N–H and O–H groups in total. The molecule has 2 aromatic rings. The third-order valence-electron chi connectivity index (χ3n) is 3.32. The van der Waals surface area contributed by atoms with Gasteiger partial charge < -0.3 is 5.32 Å². The smallest absolute Gasteiger partial charge is 0.123 e. The molecule has 0 aliphatic rings. The molecule has 102 valence electrons. The molecular formula is C16H20FNS. The van der Waals surface area contributed by atoms with Crippen LogP contribution in [0.5, 0.6) is 0 Å². The Balaban J connectivity index is 2.11. The van der Waals surface area contributed by atoms with Gasteiger partial charge in [-0.05, 0) is 42.0 Å². The molecule has 1 heterocycles. The third kappa shape index (κ3) is 3.64. The number of benzene rings is 1. The van der Waals surface area contributed by atoms with Crippen molar-refractivity contribution in [2.45, 2.75) is 32.9 Å². The molecule has 3 heteroatoms. The topological polar surface area (TPSA) is 12.0 Å². The van der Waals surface area contributed by atoms with E-state index in [1.807, 2.05) is 12.1 Å². The molecule has 1 unspecified atom stereocenters. The summed E-state index contributed by atoms with van der Waals surface area (Å²) in [4.78, 5) is 1.35. The van der Waals surface area contributed by atoms with E-state index in [1.54, 1.807) is 11.3 Å². The lowest BCUT2D eigenvalue weighted by atomic mass is 10.00. The molecule has 2 rings (SSSR count). The number of rotatable bonds is 5. The first-order chi connectivity index (χ1) is 9.08. The maximum absolute atomic E-state index is 12.9. The van der Waals surface area contributed by atoms with Crippen LogP contribution < -0.4 is 5.32 Å². The molecule has 0 aliphatic carbocycles. The Hall–Kier alpha value is -1.19. The van der Waals surface area contributed by atoms with Gasteiger partial charge in [0, 0.05) is 17.0 Å². The lowest BCUT2D eigenvalue weighted by Gasteiger charge is -2.26. The molecule has 0 saturated carbocycles. The van der Waals surface area contributed by atoms with Crippen molar-refractivity contribution in [1.29, 1.82) is 0 Å². The largest absolute Gasteiger partial charge is 0.302 e. The van der Waals surface area contributed by atoms with E-state index in [-0.39, 0.29) is 11.9 Å². The minimum atomic E-state index is -0.186. The highest BCUT2D eigenvalue weighted by Crippen LogP contribution is 2.28. The summed E-state index contributed by atoms with van der Waals surface area (Å²) in [6.45, 7) is 6.56. The Kier molecular flexibility index (Phi) is 4.72. The van der Waals surface area contributed by atoms with Crippen molar-refractivity contribution in [1.82, 2.24) is 5.32 Å². The Bertz CT molecular complexity index is 490. The maximum Gasteiger partial charge on any atom is 0.123 e. The van der Waals surface area contributed by atoms with Gasteiger partial charge in [-0.25, -0.2) is 4.39 Å². The van der Waals surface area contributed by atoms with Gasteiger partial charge in [-0.2, -0.15) is 0 Å². The van der Waals surface area contributed by atoms with Crippen LogP contribution in [-0.4, -0.2) is 0 Å². The monoisotopic (exact) mass is 277 g/mol. The molecule has 1 nitrogen and oxygen atoms in total. The van der Waals surface area contributed by atoms with E-state index in [2.05, 4.69) is 43.6 Å². The van der Waals surface area contributed by atoms with Gasteiger partial charge in [0.1, 0.15) is 5.82 Å². The van der Waals surface area contributed by atoms with E-state index < -0.39 is 0 Å². The van der Waals surface area contributed by atoms with Gasteiger partial charge in [-0.15, -0.1) is 11.3 Å². The summed E-state index contributed by atoms with van der Waals surface area (Å²) >= 11 is 1.78. The van der Waals surface area contributed by atoms with Crippen LogP contribution in [-0.2, 0) is 0 Å². The van der Waals surface area contributed by atoms with Crippen LogP contribution in [0.2, 0.25) is 0 Å². The van der Waals surface area contributed by atoms with Gasteiger partial charge in [0.05, 0.1) is 0 Å². The summed E-state index contributed by atoms with van der Waals surface area (Å²) in [6.07, 6.45) is 0. The van der Waals surface area contributed by atoms with E-state index in [0.717, 1.165) is 5.56 Å². The van der Waals surface area contributed by atoms with E-state index >= 15 is 0 Å². The van der Waals surface area contributed by atoms with Gasteiger partial charge in [0.2, 0.25) is 0 Å². The molecule has 1 aromatic heterocycles. The molecule has 2 atom stereocenters. The second-order valence-electron chi connectivity index (χ2n) is 5.18. The van der Waals surface area contributed by atoms with Gasteiger partial charge in [-0.1, -0.05) is 32.0 Å². The average molecular weight is 277 g/mol. The molecule has 0 saturated heterocycles. The standard InChI is InChI=1S/C16H20FNS/c1-11(2)16(15-5-4-10-19-15)18-12(3)13-6-8-14(17)9-7-13/h4-12,16,18H,1-3H3/t12-,16?/m1/s1. The first-order valence-corrected chi connectivity index (χ1v) is 7.51. The molecule has 0 aliphatic heterocycles. The molecular weight excluding hydrogens is 257 g/mol. The van der Waals surface area contributed by atoms with E-state index in [0.29, 0.717) is 12.0 Å². The van der Waals surface area contributed by atoms with Crippen LogP contribution >= 0.6 is 11.3 Å². The summed E-state index contributed by atoms with van der Waals surface area (Å²) < 4.78 is 12.9. The first-order valence-electron chi connectivity index (χ1n) is 6.63. The Labute approximate surface area is 118 Å². The first kappa shape index (κ1) is 14.2. The molecule has 19 heavy (non-hydrogen) atoms. The summed E-state index contributed by atoms with van der Waals surface area (Å²) in [6, 6.07) is 11.5. The van der Waals surface area contributed by atoms with Crippen molar-refractivity contribution in [3.63, 3.8) is 0 Å². The number of thiophene rings is 1. The van der Waals surface area contributed by atoms with Crippen LogP contribution in [0.1, 0.15) is 43.3 Å².